The van der Waals surface area contributed by atoms with E-state index < -0.39 is 18.0 Å². The average Bonchev–Trinajstić information content (AvgIpc) is 3.09. The number of fused-ring (bicyclic) bond motifs is 1. The van der Waals surface area contributed by atoms with E-state index in [1.807, 2.05) is 40.8 Å². The first-order chi connectivity index (χ1) is 14.9. The van der Waals surface area contributed by atoms with Crippen LogP contribution in [0.25, 0.3) is 10.9 Å². The molecule has 162 valence electrons. The summed E-state index contributed by atoms with van der Waals surface area (Å²) in [7, 11) is 3.47. The standard InChI is InChI=1S/C23H25N3O5/c1-24-14-19(18-13-15(22(27)28)3-8-20(18)24)21(23(29)30)26-11-9-25(10-12-26)16-4-6-17(31-2)7-5-16/h3-8,13-14,21H,9-12H2,1-2H3,(H,27,28)(H,29,30). The molecule has 1 saturated heterocycles. The van der Waals surface area contributed by atoms with Crippen molar-refractivity contribution in [3.8, 4) is 5.75 Å². The molecule has 1 aliphatic heterocycles. The Hall–Kier alpha value is -3.52. The number of carbonyl (C=O) groups is 2. The summed E-state index contributed by atoms with van der Waals surface area (Å²) in [6.07, 6.45) is 1.80. The van der Waals surface area contributed by atoms with Gasteiger partial charge in [0.05, 0.1) is 12.7 Å². The average molecular weight is 423 g/mol. The molecule has 1 fully saturated rings. The van der Waals surface area contributed by atoms with E-state index in [4.69, 9.17) is 4.74 Å². The molecule has 8 heteroatoms. The number of aryl methyl sites for hydroxylation is 1. The van der Waals surface area contributed by atoms with Crippen LogP contribution in [0.4, 0.5) is 5.69 Å². The Bertz CT molecular complexity index is 1110. The Morgan fingerprint density at radius 3 is 2.26 bits per heavy atom. The molecule has 31 heavy (non-hydrogen) atoms. The van der Waals surface area contributed by atoms with Gasteiger partial charge in [-0.15, -0.1) is 0 Å². The number of piperazine rings is 1. The molecule has 0 radical (unpaired) electrons. The number of aromatic nitrogens is 1. The number of hydrogen-bond acceptors (Lipinski definition) is 5. The molecule has 1 aromatic heterocycles. The van der Waals surface area contributed by atoms with E-state index in [2.05, 4.69) is 4.90 Å². The van der Waals surface area contributed by atoms with Crippen molar-refractivity contribution in [2.75, 3.05) is 38.2 Å². The van der Waals surface area contributed by atoms with Gasteiger partial charge in [0, 0.05) is 61.6 Å². The van der Waals surface area contributed by atoms with Crippen molar-refractivity contribution in [2.24, 2.45) is 7.05 Å². The summed E-state index contributed by atoms with van der Waals surface area (Å²) in [5, 5.41) is 20.1. The van der Waals surface area contributed by atoms with Crippen LogP contribution in [-0.2, 0) is 11.8 Å². The van der Waals surface area contributed by atoms with Gasteiger partial charge in [-0.25, -0.2) is 4.79 Å². The molecule has 2 aromatic carbocycles. The number of nitrogens with zero attached hydrogens (tertiary/aromatic N) is 3. The van der Waals surface area contributed by atoms with Gasteiger partial charge in [0.1, 0.15) is 11.8 Å². The Labute approximate surface area is 179 Å². The van der Waals surface area contributed by atoms with Crippen LogP contribution in [0.15, 0.2) is 48.7 Å². The van der Waals surface area contributed by atoms with Gasteiger partial charge in [0.25, 0.3) is 0 Å². The highest BCUT2D eigenvalue weighted by atomic mass is 16.5. The topological polar surface area (TPSA) is 95.2 Å². The van der Waals surface area contributed by atoms with Crippen LogP contribution in [-0.4, -0.2) is 64.9 Å². The van der Waals surface area contributed by atoms with Gasteiger partial charge in [-0.2, -0.15) is 0 Å². The lowest BCUT2D eigenvalue weighted by molar-refractivity contribution is -0.143. The first kappa shape index (κ1) is 20.7. The van der Waals surface area contributed by atoms with E-state index in [0.717, 1.165) is 17.0 Å². The molecule has 0 saturated carbocycles. The number of carboxylic acids is 2. The normalized spacial score (nSPS) is 15.7. The number of hydrogen-bond donors (Lipinski definition) is 2. The highest BCUT2D eigenvalue weighted by molar-refractivity contribution is 5.96. The molecular formula is C23H25N3O5. The van der Waals surface area contributed by atoms with Crippen molar-refractivity contribution in [1.29, 1.82) is 0 Å². The lowest BCUT2D eigenvalue weighted by Crippen LogP contribution is -2.49. The van der Waals surface area contributed by atoms with Crippen LogP contribution < -0.4 is 9.64 Å². The number of methoxy groups -OCH3 is 1. The number of benzene rings is 2. The van der Waals surface area contributed by atoms with E-state index >= 15 is 0 Å². The lowest BCUT2D eigenvalue weighted by atomic mass is 10.0. The van der Waals surface area contributed by atoms with E-state index in [0.29, 0.717) is 37.1 Å². The van der Waals surface area contributed by atoms with Crippen LogP contribution in [0.2, 0.25) is 0 Å². The second-order valence-corrected chi connectivity index (χ2v) is 7.69. The van der Waals surface area contributed by atoms with Gasteiger partial charge in [0.15, 0.2) is 0 Å². The lowest BCUT2D eigenvalue weighted by Gasteiger charge is -2.38. The fraction of sp³-hybridized carbons (Fsp3) is 0.304. The predicted molar refractivity (Wildman–Crippen MR) is 117 cm³/mol. The molecule has 0 amide bonds. The van der Waals surface area contributed by atoms with E-state index in [1.54, 1.807) is 25.4 Å². The van der Waals surface area contributed by atoms with Gasteiger partial charge in [0.2, 0.25) is 0 Å². The third kappa shape index (κ3) is 3.94. The molecule has 0 spiro atoms. The Morgan fingerprint density at radius 2 is 1.68 bits per heavy atom. The minimum absolute atomic E-state index is 0.147. The molecule has 8 nitrogen and oxygen atoms in total. The van der Waals surface area contributed by atoms with Gasteiger partial charge in [-0.3, -0.25) is 9.69 Å². The molecule has 1 aliphatic rings. The number of carboxylic acid groups (broad SMARTS) is 2. The second-order valence-electron chi connectivity index (χ2n) is 7.69. The summed E-state index contributed by atoms with van der Waals surface area (Å²) >= 11 is 0. The van der Waals surface area contributed by atoms with Crippen molar-refractivity contribution in [3.63, 3.8) is 0 Å². The largest absolute Gasteiger partial charge is 0.497 e. The minimum atomic E-state index is -1.03. The molecular weight excluding hydrogens is 398 g/mol. The van der Waals surface area contributed by atoms with Crippen molar-refractivity contribution < 1.29 is 24.5 Å². The van der Waals surface area contributed by atoms with Crippen molar-refractivity contribution in [3.05, 3.63) is 59.8 Å². The number of rotatable bonds is 6. The molecule has 1 atom stereocenters. The summed E-state index contributed by atoms with van der Waals surface area (Å²) in [6, 6.07) is 11.8. The van der Waals surface area contributed by atoms with Gasteiger partial charge >= 0.3 is 11.9 Å². The third-order valence-electron chi connectivity index (χ3n) is 5.91. The maximum Gasteiger partial charge on any atom is 0.335 e. The zero-order chi connectivity index (χ0) is 22.1. The predicted octanol–water partition coefficient (Wildman–Crippen LogP) is 2.83. The van der Waals surface area contributed by atoms with Crippen molar-refractivity contribution in [2.45, 2.75) is 6.04 Å². The SMILES string of the molecule is COc1ccc(N2CCN(C(C(=O)O)c3cn(C)c4ccc(C(=O)O)cc34)CC2)cc1. The van der Waals surface area contributed by atoms with Gasteiger partial charge in [-0.05, 0) is 42.5 Å². The summed E-state index contributed by atoms with van der Waals surface area (Å²) in [6.45, 7) is 2.55. The first-order valence-electron chi connectivity index (χ1n) is 10.1. The summed E-state index contributed by atoms with van der Waals surface area (Å²) in [4.78, 5) is 27.9. The molecule has 2 N–H and O–H groups in total. The Morgan fingerprint density at radius 1 is 1.00 bits per heavy atom. The molecule has 3 aromatic rings. The highest BCUT2D eigenvalue weighted by Gasteiger charge is 2.32. The third-order valence-corrected chi connectivity index (χ3v) is 5.91. The van der Waals surface area contributed by atoms with Gasteiger partial charge < -0.3 is 24.4 Å². The Balaban J connectivity index is 1.59. The molecule has 0 aliphatic carbocycles. The van der Waals surface area contributed by atoms with Crippen molar-refractivity contribution in [1.82, 2.24) is 9.47 Å². The van der Waals surface area contributed by atoms with Crippen LogP contribution in [0.3, 0.4) is 0 Å². The summed E-state index contributed by atoms with van der Waals surface area (Å²) < 4.78 is 7.06. The monoisotopic (exact) mass is 423 g/mol. The van der Waals surface area contributed by atoms with E-state index in [9.17, 15) is 19.8 Å². The number of aliphatic carboxylic acids is 1. The maximum atomic E-state index is 12.3. The Kier molecular flexibility index (Phi) is 5.56. The minimum Gasteiger partial charge on any atom is -0.497 e. The van der Waals surface area contributed by atoms with Crippen LogP contribution in [0.5, 0.6) is 5.75 Å². The summed E-state index contributed by atoms with van der Waals surface area (Å²) in [5.41, 5.74) is 2.64. The quantitative estimate of drug-likeness (QED) is 0.629. The first-order valence-corrected chi connectivity index (χ1v) is 10.1. The fourth-order valence-corrected chi connectivity index (χ4v) is 4.29. The zero-order valence-electron chi connectivity index (χ0n) is 17.5. The number of anilines is 1. The molecule has 4 rings (SSSR count). The maximum absolute atomic E-state index is 12.3. The number of ether oxygens (including phenoxy) is 1. The smallest absolute Gasteiger partial charge is 0.335 e. The van der Waals surface area contributed by atoms with E-state index in [1.165, 1.54) is 6.07 Å². The van der Waals surface area contributed by atoms with Crippen LogP contribution >= 0.6 is 0 Å². The number of aromatic carboxylic acids is 1. The second kappa shape index (κ2) is 8.31. The van der Waals surface area contributed by atoms with Gasteiger partial charge in [-0.1, -0.05) is 0 Å². The molecule has 0 bridgehead atoms. The fourth-order valence-electron chi connectivity index (χ4n) is 4.29. The van der Waals surface area contributed by atoms with Crippen LogP contribution in [0.1, 0.15) is 22.0 Å². The van der Waals surface area contributed by atoms with Crippen LogP contribution in [0, 0.1) is 0 Å². The molecule has 2 heterocycles. The van der Waals surface area contributed by atoms with Crippen molar-refractivity contribution >= 4 is 28.5 Å². The zero-order valence-corrected chi connectivity index (χ0v) is 17.5. The van der Waals surface area contributed by atoms with E-state index in [-0.39, 0.29) is 5.56 Å². The molecule has 1 unspecified atom stereocenters. The highest BCUT2D eigenvalue weighted by Crippen LogP contribution is 2.32. The summed E-state index contributed by atoms with van der Waals surface area (Å²) in [5.74, 6) is -1.17.